The molecule has 0 spiro atoms. The van der Waals surface area contributed by atoms with Gasteiger partial charge in [-0.25, -0.2) is 0 Å². The van der Waals surface area contributed by atoms with E-state index in [0.717, 1.165) is 34.7 Å². The maximum absolute atomic E-state index is 13.1. The van der Waals surface area contributed by atoms with Crippen LogP contribution < -0.4 is 22.0 Å². The van der Waals surface area contributed by atoms with Crippen LogP contribution in [0.2, 0.25) is 0 Å². The quantitative estimate of drug-likeness (QED) is 0.632. The van der Waals surface area contributed by atoms with E-state index in [2.05, 4.69) is 5.32 Å². The molecule has 4 N–H and O–H groups in total. The van der Waals surface area contributed by atoms with Gasteiger partial charge in [0.2, 0.25) is 11.8 Å². The average molecular weight is 392 g/mol. The molecular formula is C22H24N4O3. The number of rotatable bonds is 4. The Kier molecular flexibility index (Phi) is 4.19. The van der Waals surface area contributed by atoms with Gasteiger partial charge in [-0.15, -0.1) is 0 Å². The third-order valence-electron chi connectivity index (χ3n) is 6.29. The molecule has 29 heavy (non-hydrogen) atoms. The highest BCUT2D eigenvalue weighted by Gasteiger charge is 2.28. The molecule has 7 nitrogen and oxygen atoms in total. The van der Waals surface area contributed by atoms with Gasteiger partial charge in [0.15, 0.2) is 0 Å². The summed E-state index contributed by atoms with van der Waals surface area (Å²) in [5.41, 5.74) is 5.92. The predicted octanol–water partition coefficient (Wildman–Crippen LogP) is 2.20. The van der Waals surface area contributed by atoms with Crippen LogP contribution in [0.5, 0.6) is 5.88 Å². The number of aromatic hydroxyl groups is 1. The van der Waals surface area contributed by atoms with Crippen LogP contribution in [0.25, 0.3) is 21.5 Å². The summed E-state index contributed by atoms with van der Waals surface area (Å²) in [6, 6.07) is 8.11. The first-order chi connectivity index (χ1) is 14.0. The van der Waals surface area contributed by atoms with Gasteiger partial charge in [-0.1, -0.05) is 12.8 Å². The van der Waals surface area contributed by atoms with Crippen molar-refractivity contribution in [3.63, 3.8) is 0 Å². The highest BCUT2D eigenvalue weighted by atomic mass is 16.3. The number of nitrogens with two attached hydrogens (primary N) is 1. The van der Waals surface area contributed by atoms with Crippen LogP contribution in [-0.2, 0) is 11.3 Å². The third-order valence-corrected chi connectivity index (χ3v) is 6.29. The molecule has 1 aliphatic heterocycles. The summed E-state index contributed by atoms with van der Waals surface area (Å²) < 4.78 is 1.34. The Bertz CT molecular complexity index is 1250. The number of carbonyl (C=O) groups is 1. The molecular weight excluding hydrogens is 368 g/mol. The molecule has 0 bridgehead atoms. The fourth-order valence-electron chi connectivity index (χ4n) is 4.89. The van der Waals surface area contributed by atoms with Crippen molar-refractivity contribution in [1.82, 2.24) is 4.57 Å². The van der Waals surface area contributed by atoms with Gasteiger partial charge in [-0.2, -0.15) is 0 Å². The Morgan fingerprint density at radius 1 is 1.17 bits per heavy atom. The second-order valence-corrected chi connectivity index (χ2v) is 8.12. The summed E-state index contributed by atoms with van der Waals surface area (Å²) >= 11 is 0. The molecule has 3 aromatic rings. The Hall–Kier alpha value is -3.09. The van der Waals surface area contributed by atoms with Crippen molar-refractivity contribution >= 4 is 33.1 Å². The van der Waals surface area contributed by atoms with Crippen molar-refractivity contribution in [2.75, 3.05) is 5.32 Å². The minimum absolute atomic E-state index is 0.0719. The lowest BCUT2D eigenvalue weighted by molar-refractivity contribution is -0.118. The summed E-state index contributed by atoms with van der Waals surface area (Å²) in [4.78, 5) is 29.2. The fraction of sp³-hybridized carbons (Fsp3) is 0.409. The van der Waals surface area contributed by atoms with Crippen molar-refractivity contribution in [2.45, 2.75) is 57.2 Å². The van der Waals surface area contributed by atoms with E-state index >= 15 is 0 Å². The summed E-state index contributed by atoms with van der Waals surface area (Å²) in [5.74, 6) is -0.490. The number of nitrogens with one attached hydrogen (secondary N) is 1. The monoisotopic (exact) mass is 392 g/mol. The topological polar surface area (TPSA) is 110 Å². The van der Waals surface area contributed by atoms with Crippen molar-refractivity contribution in [3.8, 4) is 5.88 Å². The smallest absolute Gasteiger partial charge is 0.261 e. The summed E-state index contributed by atoms with van der Waals surface area (Å²) in [7, 11) is 0. The number of primary amides is 1. The van der Waals surface area contributed by atoms with E-state index in [4.69, 9.17) is 10.7 Å². The van der Waals surface area contributed by atoms with Gasteiger partial charge in [0.25, 0.3) is 5.56 Å². The molecule has 0 saturated heterocycles. The molecule has 1 aromatic heterocycles. The SMILES string of the molecule is NC(=O)CCCn1c(O)c2ccc3c4c(ccc(c1=O)c24)NC1CCCCC1N=3. The molecule has 1 amide bonds. The number of aromatic nitrogens is 1. The van der Waals surface area contributed by atoms with Crippen LogP contribution in [0.4, 0.5) is 5.69 Å². The number of carbonyl (C=O) groups excluding carboxylic acids is 1. The summed E-state index contributed by atoms with van der Waals surface area (Å²) in [6.07, 6.45) is 5.10. The van der Waals surface area contributed by atoms with Crippen LogP contribution >= 0.6 is 0 Å². The van der Waals surface area contributed by atoms with Gasteiger partial charge in [0.05, 0.1) is 11.4 Å². The lowest BCUT2D eigenvalue weighted by Crippen LogP contribution is -2.35. The van der Waals surface area contributed by atoms with Crippen LogP contribution in [0.3, 0.4) is 0 Å². The molecule has 2 atom stereocenters. The van der Waals surface area contributed by atoms with Gasteiger partial charge in [0.1, 0.15) is 0 Å². The Morgan fingerprint density at radius 3 is 2.79 bits per heavy atom. The van der Waals surface area contributed by atoms with E-state index in [1.54, 1.807) is 0 Å². The first-order valence-corrected chi connectivity index (χ1v) is 10.3. The number of amides is 1. The summed E-state index contributed by atoms with van der Waals surface area (Å²) in [5, 5.41) is 18.2. The molecule has 1 aliphatic carbocycles. The zero-order valence-corrected chi connectivity index (χ0v) is 16.1. The van der Waals surface area contributed by atoms with Gasteiger partial charge < -0.3 is 16.2 Å². The number of hydrogen-bond acceptors (Lipinski definition) is 5. The summed E-state index contributed by atoms with van der Waals surface area (Å²) in [6.45, 7) is 0.241. The van der Waals surface area contributed by atoms with Crippen molar-refractivity contribution < 1.29 is 9.90 Å². The van der Waals surface area contributed by atoms with Crippen LogP contribution in [0.15, 0.2) is 34.1 Å². The first kappa shape index (κ1) is 18.0. The van der Waals surface area contributed by atoms with E-state index in [-0.39, 0.29) is 30.4 Å². The molecule has 2 unspecified atom stereocenters. The van der Waals surface area contributed by atoms with E-state index in [1.165, 1.54) is 17.4 Å². The lowest BCUT2D eigenvalue weighted by atomic mass is 9.91. The normalized spacial score (nSPS) is 20.7. The minimum Gasteiger partial charge on any atom is -0.494 e. The van der Waals surface area contributed by atoms with Crippen LogP contribution in [-0.4, -0.2) is 27.7 Å². The highest BCUT2D eigenvalue weighted by molar-refractivity contribution is 6.15. The number of anilines is 1. The number of fused-ring (bicyclic) bond motifs is 1. The Labute approximate surface area is 167 Å². The molecule has 2 heterocycles. The molecule has 2 aromatic carbocycles. The maximum Gasteiger partial charge on any atom is 0.261 e. The molecule has 1 fully saturated rings. The molecule has 150 valence electrons. The van der Waals surface area contributed by atoms with Gasteiger partial charge in [-0.3, -0.25) is 19.1 Å². The molecule has 5 rings (SSSR count). The van der Waals surface area contributed by atoms with E-state index in [1.807, 2.05) is 24.3 Å². The molecule has 2 aliphatic rings. The molecule has 7 heteroatoms. The standard InChI is InChI=1S/C22H24N4O3/c23-18(27)6-3-11-26-21(28)12-7-9-16-20-17(10-8-13(19(12)20)22(26)29)25-15-5-2-1-4-14(15)24-16/h7-10,14-15,24,29H,1-6,11H2,(H2,23,27). The number of benzene rings is 2. The second-order valence-electron chi connectivity index (χ2n) is 8.12. The van der Waals surface area contributed by atoms with Crippen molar-refractivity contribution in [1.29, 1.82) is 0 Å². The van der Waals surface area contributed by atoms with E-state index in [0.29, 0.717) is 23.2 Å². The highest BCUT2D eigenvalue weighted by Crippen LogP contribution is 2.36. The second kappa shape index (κ2) is 6.76. The van der Waals surface area contributed by atoms with Crippen LogP contribution in [0.1, 0.15) is 38.5 Å². The fourth-order valence-corrected chi connectivity index (χ4v) is 4.89. The van der Waals surface area contributed by atoms with Gasteiger partial charge in [-0.05, 0) is 43.5 Å². The number of pyridine rings is 1. The number of hydrogen-bond donors (Lipinski definition) is 3. The predicted molar refractivity (Wildman–Crippen MR) is 112 cm³/mol. The van der Waals surface area contributed by atoms with E-state index in [9.17, 15) is 14.7 Å². The van der Waals surface area contributed by atoms with Gasteiger partial charge in [0, 0.05) is 46.2 Å². The van der Waals surface area contributed by atoms with Crippen molar-refractivity contribution in [3.05, 3.63) is 40.0 Å². The Balaban J connectivity index is 1.75. The van der Waals surface area contributed by atoms with Gasteiger partial charge >= 0.3 is 0 Å². The zero-order valence-electron chi connectivity index (χ0n) is 16.1. The maximum atomic E-state index is 13.1. The van der Waals surface area contributed by atoms with Crippen molar-refractivity contribution in [2.24, 2.45) is 10.7 Å². The third kappa shape index (κ3) is 2.84. The first-order valence-electron chi connectivity index (χ1n) is 10.3. The zero-order chi connectivity index (χ0) is 20.1. The Morgan fingerprint density at radius 2 is 1.97 bits per heavy atom. The average Bonchev–Trinajstić information content (AvgIpc) is 2.87. The van der Waals surface area contributed by atoms with Crippen LogP contribution in [0, 0.1) is 0 Å². The van der Waals surface area contributed by atoms with E-state index < -0.39 is 5.91 Å². The number of nitrogens with zero attached hydrogens (tertiary/aromatic N) is 2. The lowest BCUT2D eigenvalue weighted by Gasteiger charge is -2.29. The molecule has 1 saturated carbocycles. The largest absolute Gasteiger partial charge is 0.494 e. The minimum atomic E-state index is -0.418. The molecule has 0 radical (unpaired) electrons.